The summed E-state index contributed by atoms with van der Waals surface area (Å²) in [7, 11) is 0. The molecule has 0 unspecified atom stereocenters. The number of carboxylic acid groups (broad SMARTS) is 1. The van der Waals surface area contributed by atoms with Crippen LogP contribution in [-0.2, 0) is 11.0 Å². The van der Waals surface area contributed by atoms with Crippen LogP contribution in [0, 0.1) is 5.41 Å². The first-order valence-corrected chi connectivity index (χ1v) is 6.16. The molecule has 114 valence electrons. The highest BCUT2D eigenvalue weighted by Crippen LogP contribution is 2.45. The Balaban J connectivity index is 2.35. The molecule has 5 nitrogen and oxygen atoms in total. The number of rotatable bonds is 4. The van der Waals surface area contributed by atoms with Crippen LogP contribution >= 0.6 is 0 Å². The van der Waals surface area contributed by atoms with Crippen LogP contribution in [0.4, 0.5) is 18.9 Å². The second kappa shape index (κ2) is 5.03. The van der Waals surface area contributed by atoms with Crippen molar-refractivity contribution in [2.24, 2.45) is 11.1 Å². The molecule has 0 spiro atoms. The lowest BCUT2D eigenvalue weighted by Gasteiger charge is -2.16. The van der Waals surface area contributed by atoms with Gasteiger partial charge in [0.05, 0.1) is 22.2 Å². The van der Waals surface area contributed by atoms with Crippen LogP contribution in [0.3, 0.4) is 0 Å². The van der Waals surface area contributed by atoms with Crippen LogP contribution < -0.4 is 11.1 Å². The lowest BCUT2D eigenvalue weighted by atomic mass is 10.0. The van der Waals surface area contributed by atoms with Gasteiger partial charge in [-0.05, 0) is 31.0 Å². The Bertz CT molecular complexity index is 595. The standard InChI is InChI=1S/C13H13F3N2O3/c14-13(15,16)7-1-2-8(10(19)20)9(5-7)18-11(21)12(6-17)3-4-12/h1-2,5H,3-4,6,17H2,(H,18,21)(H,19,20). The number of nitrogens with two attached hydrogens (primary N) is 1. The van der Waals surface area contributed by atoms with Crippen molar-refractivity contribution in [3.05, 3.63) is 29.3 Å². The number of carbonyl (C=O) groups excluding carboxylic acids is 1. The molecule has 1 fully saturated rings. The summed E-state index contributed by atoms with van der Waals surface area (Å²) >= 11 is 0. The van der Waals surface area contributed by atoms with E-state index in [2.05, 4.69) is 5.32 Å². The van der Waals surface area contributed by atoms with Gasteiger partial charge >= 0.3 is 12.1 Å². The second-order valence-electron chi connectivity index (χ2n) is 5.00. The number of carboxylic acids is 1. The normalized spacial score (nSPS) is 16.4. The first kappa shape index (κ1) is 15.3. The van der Waals surface area contributed by atoms with Crippen LogP contribution in [0.5, 0.6) is 0 Å². The van der Waals surface area contributed by atoms with E-state index in [0.29, 0.717) is 25.0 Å². The molecule has 1 aliphatic carbocycles. The fourth-order valence-corrected chi connectivity index (χ4v) is 1.94. The minimum atomic E-state index is -4.62. The smallest absolute Gasteiger partial charge is 0.416 e. The molecule has 0 aromatic heterocycles. The minimum Gasteiger partial charge on any atom is -0.478 e. The molecule has 1 saturated carbocycles. The van der Waals surface area contributed by atoms with Gasteiger partial charge in [-0.15, -0.1) is 0 Å². The third-order valence-electron chi connectivity index (χ3n) is 3.55. The van der Waals surface area contributed by atoms with Gasteiger partial charge in [-0.25, -0.2) is 4.79 Å². The lowest BCUT2D eigenvalue weighted by molar-refractivity contribution is -0.137. The molecule has 0 heterocycles. The van der Waals surface area contributed by atoms with E-state index in [9.17, 15) is 22.8 Å². The van der Waals surface area contributed by atoms with Crippen LogP contribution in [-0.4, -0.2) is 23.5 Å². The Kier molecular flexibility index (Phi) is 3.66. The maximum Gasteiger partial charge on any atom is 0.416 e. The van der Waals surface area contributed by atoms with Crippen molar-refractivity contribution in [1.29, 1.82) is 0 Å². The summed E-state index contributed by atoms with van der Waals surface area (Å²) < 4.78 is 38.0. The molecule has 8 heteroatoms. The number of hydrogen-bond donors (Lipinski definition) is 3. The zero-order valence-corrected chi connectivity index (χ0v) is 10.8. The molecule has 4 N–H and O–H groups in total. The Morgan fingerprint density at radius 2 is 1.95 bits per heavy atom. The molecule has 21 heavy (non-hydrogen) atoms. The molecule has 0 atom stereocenters. The number of nitrogens with one attached hydrogen (secondary N) is 1. The number of alkyl halides is 3. The quantitative estimate of drug-likeness (QED) is 0.794. The molecule has 0 bridgehead atoms. The van der Waals surface area contributed by atoms with Gasteiger partial charge < -0.3 is 16.2 Å². The van der Waals surface area contributed by atoms with Crippen LogP contribution in [0.25, 0.3) is 0 Å². The van der Waals surface area contributed by atoms with E-state index in [-0.39, 0.29) is 12.2 Å². The Labute approximate surface area is 117 Å². The fraction of sp³-hybridized carbons (Fsp3) is 0.385. The lowest BCUT2D eigenvalue weighted by Crippen LogP contribution is -2.31. The van der Waals surface area contributed by atoms with Crippen molar-refractivity contribution in [2.75, 3.05) is 11.9 Å². The third kappa shape index (κ3) is 2.99. The SMILES string of the molecule is NCC1(C(=O)Nc2cc(C(F)(F)F)ccc2C(=O)O)CC1. The van der Waals surface area contributed by atoms with Crippen molar-refractivity contribution < 1.29 is 27.9 Å². The van der Waals surface area contributed by atoms with E-state index in [0.717, 1.165) is 6.07 Å². The highest BCUT2D eigenvalue weighted by atomic mass is 19.4. The average molecular weight is 302 g/mol. The predicted molar refractivity (Wildman–Crippen MR) is 67.8 cm³/mol. The molecular formula is C13H13F3N2O3. The van der Waals surface area contributed by atoms with E-state index in [1.807, 2.05) is 0 Å². The largest absolute Gasteiger partial charge is 0.478 e. The molecule has 1 aliphatic rings. The van der Waals surface area contributed by atoms with E-state index >= 15 is 0 Å². The Morgan fingerprint density at radius 3 is 2.38 bits per heavy atom. The van der Waals surface area contributed by atoms with Crippen LogP contribution in [0.1, 0.15) is 28.8 Å². The van der Waals surface area contributed by atoms with Crippen molar-refractivity contribution in [3.8, 4) is 0 Å². The molecule has 1 aromatic carbocycles. The van der Waals surface area contributed by atoms with E-state index in [1.165, 1.54) is 0 Å². The summed E-state index contributed by atoms with van der Waals surface area (Å²) in [5, 5.41) is 11.2. The maximum atomic E-state index is 12.7. The van der Waals surface area contributed by atoms with Crippen molar-refractivity contribution in [3.63, 3.8) is 0 Å². The third-order valence-corrected chi connectivity index (χ3v) is 3.55. The van der Waals surface area contributed by atoms with E-state index in [4.69, 9.17) is 10.8 Å². The number of carbonyl (C=O) groups is 2. The molecular weight excluding hydrogens is 289 g/mol. The number of halogens is 3. The predicted octanol–water partition coefficient (Wildman–Crippen LogP) is 2.08. The van der Waals surface area contributed by atoms with Gasteiger partial charge in [-0.3, -0.25) is 4.79 Å². The van der Waals surface area contributed by atoms with Crippen LogP contribution in [0.15, 0.2) is 18.2 Å². The number of hydrogen-bond acceptors (Lipinski definition) is 3. The summed E-state index contributed by atoms with van der Waals surface area (Å²) in [6, 6.07) is 2.10. The monoisotopic (exact) mass is 302 g/mol. The first-order valence-electron chi connectivity index (χ1n) is 6.16. The van der Waals surface area contributed by atoms with Gasteiger partial charge in [-0.1, -0.05) is 0 Å². The zero-order chi connectivity index (χ0) is 15.8. The minimum absolute atomic E-state index is 0.0696. The molecule has 0 radical (unpaired) electrons. The van der Waals surface area contributed by atoms with Gasteiger partial charge in [0, 0.05) is 6.54 Å². The maximum absolute atomic E-state index is 12.7. The molecule has 0 saturated heterocycles. The van der Waals surface area contributed by atoms with Gasteiger partial charge in [-0.2, -0.15) is 13.2 Å². The molecule has 2 rings (SSSR count). The topological polar surface area (TPSA) is 92.4 Å². The first-order chi connectivity index (χ1) is 9.69. The highest BCUT2D eigenvalue weighted by molar-refractivity contribution is 6.03. The number of benzene rings is 1. The number of amides is 1. The van der Waals surface area contributed by atoms with Gasteiger partial charge in [0.25, 0.3) is 0 Å². The summed E-state index contributed by atoms with van der Waals surface area (Å²) in [6.45, 7) is 0.0696. The molecule has 0 aliphatic heterocycles. The summed E-state index contributed by atoms with van der Waals surface area (Å²) in [5.74, 6) is -1.97. The number of anilines is 1. The Hall–Kier alpha value is -2.09. The van der Waals surface area contributed by atoms with Crippen molar-refractivity contribution in [1.82, 2.24) is 0 Å². The molecule has 1 amide bonds. The van der Waals surface area contributed by atoms with Gasteiger partial charge in [0.15, 0.2) is 0 Å². The Morgan fingerprint density at radius 1 is 1.33 bits per heavy atom. The van der Waals surface area contributed by atoms with Crippen molar-refractivity contribution in [2.45, 2.75) is 19.0 Å². The van der Waals surface area contributed by atoms with E-state index in [1.54, 1.807) is 0 Å². The fourth-order valence-electron chi connectivity index (χ4n) is 1.94. The zero-order valence-electron chi connectivity index (χ0n) is 10.8. The van der Waals surface area contributed by atoms with E-state index < -0.39 is 34.6 Å². The van der Waals surface area contributed by atoms with Gasteiger partial charge in [0.1, 0.15) is 0 Å². The van der Waals surface area contributed by atoms with Crippen molar-refractivity contribution >= 4 is 17.6 Å². The summed E-state index contributed by atoms with van der Waals surface area (Å²) in [6.07, 6.45) is -3.55. The summed E-state index contributed by atoms with van der Waals surface area (Å²) in [5.41, 5.74) is 2.88. The molecule has 1 aromatic rings. The van der Waals surface area contributed by atoms with Gasteiger partial charge in [0.2, 0.25) is 5.91 Å². The highest BCUT2D eigenvalue weighted by Gasteiger charge is 2.48. The number of aromatic carboxylic acids is 1. The average Bonchev–Trinajstić information content (AvgIpc) is 3.18. The summed E-state index contributed by atoms with van der Waals surface area (Å²) in [4.78, 5) is 23.0. The van der Waals surface area contributed by atoms with Crippen LogP contribution in [0.2, 0.25) is 0 Å². The second-order valence-corrected chi connectivity index (χ2v) is 5.00.